The van der Waals surface area contributed by atoms with E-state index < -0.39 is 0 Å². The lowest BCUT2D eigenvalue weighted by Crippen LogP contribution is -2.34. The summed E-state index contributed by atoms with van der Waals surface area (Å²) in [5.74, 6) is 1.55. The molecule has 1 heterocycles. The second kappa shape index (κ2) is 10.5. The Morgan fingerprint density at radius 3 is 2.67 bits per heavy atom. The predicted molar refractivity (Wildman–Crippen MR) is 98.1 cm³/mol. The molecule has 2 rings (SSSR count). The van der Waals surface area contributed by atoms with E-state index in [4.69, 9.17) is 4.74 Å². The van der Waals surface area contributed by atoms with Gasteiger partial charge in [-0.1, -0.05) is 0 Å². The van der Waals surface area contributed by atoms with Gasteiger partial charge in [0.05, 0.1) is 11.5 Å². The maximum absolute atomic E-state index is 11.0. The second-order valence-electron chi connectivity index (χ2n) is 6.09. The summed E-state index contributed by atoms with van der Waals surface area (Å²) in [4.78, 5) is 13.0. The fourth-order valence-electron chi connectivity index (χ4n) is 3.12. The van der Waals surface area contributed by atoms with Crippen molar-refractivity contribution in [3.8, 4) is 5.75 Å². The molecule has 1 aliphatic rings. The van der Waals surface area contributed by atoms with E-state index in [2.05, 4.69) is 10.2 Å². The summed E-state index contributed by atoms with van der Waals surface area (Å²) in [6, 6.07) is 4.88. The fourth-order valence-corrected chi connectivity index (χ4v) is 3.12. The first-order valence-corrected chi connectivity index (χ1v) is 8.41. The normalized spacial score (nSPS) is 15.8. The van der Waals surface area contributed by atoms with Crippen LogP contribution in [0.1, 0.15) is 31.7 Å². The third kappa shape index (κ3) is 5.92. The Balaban J connectivity index is 0.00000288. The SMILES string of the molecule is CCOc1ccc([N+](=O)[O-])cc1CN1CCC(CCNC)CC1.Cl. The second-order valence-corrected chi connectivity index (χ2v) is 6.09. The zero-order chi connectivity index (χ0) is 16.7. The number of piperidine rings is 1. The van der Waals surface area contributed by atoms with Crippen molar-refractivity contribution in [3.05, 3.63) is 33.9 Å². The highest BCUT2D eigenvalue weighted by molar-refractivity contribution is 5.85. The summed E-state index contributed by atoms with van der Waals surface area (Å²) in [5.41, 5.74) is 1.04. The van der Waals surface area contributed by atoms with Crippen LogP contribution in [0.5, 0.6) is 5.75 Å². The van der Waals surface area contributed by atoms with Gasteiger partial charge in [-0.05, 0) is 64.9 Å². The lowest BCUT2D eigenvalue weighted by atomic mass is 9.93. The molecule has 1 saturated heterocycles. The third-order valence-corrected chi connectivity index (χ3v) is 4.46. The molecule has 6 nitrogen and oxygen atoms in total. The molecule has 0 unspecified atom stereocenters. The van der Waals surface area contributed by atoms with Crippen molar-refractivity contribution in [2.75, 3.05) is 33.3 Å². The van der Waals surface area contributed by atoms with Crippen molar-refractivity contribution in [3.63, 3.8) is 0 Å². The van der Waals surface area contributed by atoms with Crippen molar-refractivity contribution in [1.29, 1.82) is 0 Å². The number of rotatable bonds is 8. The molecule has 7 heteroatoms. The van der Waals surface area contributed by atoms with Gasteiger partial charge in [-0.25, -0.2) is 0 Å². The quantitative estimate of drug-likeness (QED) is 0.571. The van der Waals surface area contributed by atoms with Crippen LogP contribution in [0.3, 0.4) is 0 Å². The van der Waals surface area contributed by atoms with Crippen molar-refractivity contribution >= 4 is 18.1 Å². The number of halogens is 1. The first kappa shape index (κ1) is 20.7. The van der Waals surface area contributed by atoms with Gasteiger partial charge in [0, 0.05) is 24.2 Å². The third-order valence-electron chi connectivity index (χ3n) is 4.46. The number of ether oxygens (including phenoxy) is 1. The minimum absolute atomic E-state index is 0. The zero-order valence-electron chi connectivity index (χ0n) is 14.5. The molecule has 1 fully saturated rings. The summed E-state index contributed by atoms with van der Waals surface area (Å²) in [7, 11) is 1.99. The van der Waals surface area contributed by atoms with Crippen LogP contribution in [0.25, 0.3) is 0 Å². The molecule has 0 radical (unpaired) electrons. The zero-order valence-corrected chi connectivity index (χ0v) is 15.3. The van der Waals surface area contributed by atoms with E-state index in [0.29, 0.717) is 6.61 Å². The average molecular weight is 358 g/mol. The van der Waals surface area contributed by atoms with Gasteiger partial charge in [-0.3, -0.25) is 15.0 Å². The van der Waals surface area contributed by atoms with E-state index in [1.807, 2.05) is 14.0 Å². The van der Waals surface area contributed by atoms with Gasteiger partial charge in [0.2, 0.25) is 0 Å². The van der Waals surface area contributed by atoms with Gasteiger partial charge in [-0.15, -0.1) is 12.4 Å². The summed E-state index contributed by atoms with van der Waals surface area (Å²) < 4.78 is 5.63. The number of benzene rings is 1. The van der Waals surface area contributed by atoms with Crippen LogP contribution in [-0.4, -0.2) is 43.1 Å². The van der Waals surface area contributed by atoms with E-state index in [-0.39, 0.29) is 23.0 Å². The Labute approximate surface area is 150 Å². The number of nitro groups is 1. The van der Waals surface area contributed by atoms with Gasteiger partial charge in [0.15, 0.2) is 0 Å². The molecule has 0 aliphatic carbocycles. The Morgan fingerprint density at radius 1 is 1.38 bits per heavy atom. The van der Waals surface area contributed by atoms with Gasteiger partial charge in [-0.2, -0.15) is 0 Å². The topological polar surface area (TPSA) is 67.6 Å². The van der Waals surface area contributed by atoms with Crippen molar-refractivity contribution in [2.45, 2.75) is 32.7 Å². The Bertz CT molecular complexity index is 520. The average Bonchev–Trinajstić information content (AvgIpc) is 2.56. The van der Waals surface area contributed by atoms with Crippen LogP contribution in [0, 0.1) is 16.0 Å². The van der Waals surface area contributed by atoms with Crippen LogP contribution in [0.4, 0.5) is 5.69 Å². The summed E-state index contributed by atoms with van der Waals surface area (Å²) in [6.45, 7) is 6.38. The van der Waals surface area contributed by atoms with Crippen molar-refractivity contribution < 1.29 is 9.66 Å². The van der Waals surface area contributed by atoms with Crippen LogP contribution in [0.2, 0.25) is 0 Å². The van der Waals surface area contributed by atoms with Crippen molar-refractivity contribution in [2.24, 2.45) is 5.92 Å². The molecule has 136 valence electrons. The number of likely N-dealkylation sites (tertiary alicyclic amines) is 1. The summed E-state index contributed by atoms with van der Waals surface area (Å²) >= 11 is 0. The standard InChI is InChI=1S/C17H27N3O3.ClH/c1-3-23-17-5-4-16(20(21)22)12-15(17)13-19-10-7-14(8-11-19)6-9-18-2;/h4-5,12,14,18H,3,6-11,13H2,1-2H3;1H. The molecular formula is C17H28ClN3O3. The molecule has 1 N–H and O–H groups in total. The molecule has 0 aromatic heterocycles. The fraction of sp³-hybridized carbons (Fsp3) is 0.647. The number of non-ortho nitro benzene ring substituents is 1. The Hall–Kier alpha value is -1.37. The molecule has 24 heavy (non-hydrogen) atoms. The highest BCUT2D eigenvalue weighted by Gasteiger charge is 2.21. The lowest BCUT2D eigenvalue weighted by Gasteiger charge is -2.32. The molecule has 0 atom stereocenters. The van der Waals surface area contributed by atoms with Gasteiger partial charge >= 0.3 is 0 Å². The molecule has 1 aromatic rings. The monoisotopic (exact) mass is 357 g/mol. The van der Waals surface area contributed by atoms with Crippen LogP contribution >= 0.6 is 12.4 Å². The number of hydrogen-bond acceptors (Lipinski definition) is 5. The van der Waals surface area contributed by atoms with Gasteiger partial charge in [0.1, 0.15) is 5.75 Å². The summed E-state index contributed by atoms with van der Waals surface area (Å²) in [6.07, 6.45) is 3.62. The number of nitro benzene ring substituents is 1. The molecule has 0 amide bonds. The maximum Gasteiger partial charge on any atom is 0.270 e. The van der Waals surface area contributed by atoms with Crippen molar-refractivity contribution in [1.82, 2.24) is 10.2 Å². The largest absolute Gasteiger partial charge is 0.494 e. The lowest BCUT2D eigenvalue weighted by molar-refractivity contribution is -0.385. The van der Waals surface area contributed by atoms with Crippen LogP contribution in [0.15, 0.2) is 18.2 Å². The van der Waals surface area contributed by atoms with E-state index in [0.717, 1.165) is 43.4 Å². The molecule has 0 bridgehead atoms. The summed E-state index contributed by atoms with van der Waals surface area (Å²) in [5, 5.41) is 14.2. The van der Waals surface area contributed by atoms with Crippen LogP contribution < -0.4 is 10.1 Å². The van der Waals surface area contributed by atoms with Gasteiger partial charge < -0.3 is 10.1 Å². The Morgan fingerprint density at radius 2 is 2.08 bits per heavy atom. The van der Waals surface area contributed by atoms with Gasteiger partial charge in [0.25, 0.3) is 5.69 Å². The molecule has 1 aromatic carbocycles. The Kier molecular flexibility index (Phi) is 9.03. The number of nitrogens with one attached hydrogen (secondary N) is 1. The molecular weight excluding hydrogens is 330 g/mol. The minimum Gasteiger partial charge on any atom is -0.494 e. The smallest absolute Gasteiger partial charge is 0.270 e. The van der Waals surface area contributed by atoms with E-state index in [1.165, 1.54) is 25.3 Å². The first-order chi connectivity index (χ1) is 11.1. The highest BCUT2D eigenvalue weighted by Crippen LogP contribution is 2.28. The van der Waals surface area contributed by atoms with E-state index in [9.17, 15) is 10.1 Å². The minimum atomic E-state index is -0.344. The van der Waals surface area contributed by atoms with E-state index >= 15 is 0 Å². The molecule has 0 spiro atoms. The maximum atomic E-state index is 11.0. The van der Waals surface area contributed by atoms with E-state index in [1.54, 1.807) is 12.1 Å². The number of hydrogen-bond donors (Lipinski definition) is 1. The molecule has 1 aliphatic heterocycles. The molecule has 0 saturated carbocycles. The predicted octanol–water partition coefficient (Wildman–Crippen LogP) is 3.24. The highest BCUT2D eigenvalue weighted by atomic mass is 35.5. The first-order valence-electron chi connectivity index (χ1n) is 8.41. The number of nitrogens with zero attached hydrogens (tertiary/aromatic N) is 2. The van der Waals surface area contributed by atoms with Crippen LogP contribution in [-0.2, 0) is 6.54 Å².